The van der Waals surface area contributed by atoms with Gasteiger partial charge in [-0.3, -0.25) is 4.79 Å². The summed E-state index contributed by atoms with van der Waals surface area (Å²) in [6.45, 7) is 1.82. The third-order valence-electron chi connectivity index (χ3n) is 4.02. The molecule has 124 valence electrons. The van der Waals surface area contributed by atoms with Gasteiger partial charge in [0.15, 0.2) is 5.79 Å². The summed E-state index contributed by atoms with van der Waals surface area (Å²) in [5, 5.41) is 13.3. The van der Waals surface area contributed by atoms with Gasteiger partial charge in [-0.2, -0.15) is 0 Å². The van der Waals surface area contributed by atoms with Crippen molar-refractivity contribution in [1.82, 2.24) is 5.32 Å². The molecule has 1 aromatic rings. The van der Waals surface area contributed by atoms with E-state index in [0.717, 1.165) is 11.8 Å². The van der Waals surface area contributed by atoms with E-state index < -0.39 is 23.9 Å². The van der Waals surface area contributed by atoms with Crippen LogP contribution >= 0.6 is 11.8 Å². The van der Waals surface area contributed by atoms with Crippen LogP contribution in [0.15, 0.2) is 30.3 Å². The van der Waals surface area contributed by atoms with E-state index in [1.807, 2.05) is 13.0 Å². The summed E-state index contributed by atoms with van der Waals surface area (Å²) in [5.74, 6) is -1.50. The number of thioether (sulfide) groups is 1. The number of hydrogen-bond acceptors (Lipinski definition) is 6. The Bertz CT molecular complexity index is 595. The smallest absolute Gasteiger partial charge is 0.338 e. The normalized spacial score (nSPS) is 34.0. The fourth-order valence-electron chi connectivity index (χ4n) is 2.96. The predicted molar refractivity (Wildman–Crippen MR) is 85.2 cm³/mol. The molecule has 2 N–H and O–H groups in total. The van der Waals surface area contributed by atoms with Crippen molar-refractivity contribution < 1.29 is 24.2 Å². The Morgan fingerprint density at radius 1 is 1.43 bits per heavy atom. The molecule has 2 fully saturated rings. The highest BCUT2D eigenvalue weighted by molar-refractivity contribution is 8.14. The molecule has 3 rings (SSSR count). The molecule has 0 saturated carbocycles. The van der Waals surface area contributed by atoms with Crippen LogP contribution in [0.4, 0.5) is 4.79 Å². The van der Waals surface area contributed by atoms with Crippen LogP contribution in [0.25, 0.3) is 0 Å². The van der Waals surface area contributed by atoms with Crippen molar-refractivity contribution in [3.05, 3.63) is 35.9 Å². The van der Waals surface area contributed by atoms with Gasteiger partial charge in [0, 0.05) is 18.6 Å². The summed E-state index contributed by atoms with van der Waals surface area (Å²) in [7, 11) is 0. The molecule has 0 aromatic heterocycles. The largest absolute Gasteiger partial charge is 0.458 e. The van der Waals surface area contributed by atoms with Gasteiger partial charge in [-0.15, -0.1) is 0 Å². The number of esters is 1. The quantitative estimate of drug-likeness (QED) is 0.820. The van der Waals surface area contributed by atoms with Crippen molar-refractivity contribution in [1.29, 1.82) is 0 Å². The zero-order valence-corrected chi connectivity index (χ0v) is 13.5. The number of ether oxygens (including phenoxy) is 2. The minimum atomic E-state index is -1.52. The molecule has 2 saturated heterocycles. The molecular weight excluding hydrogens is 318 g/mol. The lowest BCUT2D eigenvalue weighted by Gasteiger charge is -2.42. The van der Waals surface area contributed by atoms with E-state index in [-0.39, 0.29) is 17.8 Å². The minimum Gasteiger partial charge on any atom is -0.458 e. The topological polar surface area (TPSA) is 84.9 Å². The van der Waals surface area contributed by atoms with Crippen LogP contribution in [-0.4, -0.2) is 46.1 Å². The first-order valence-electron chi connectivity index (χ1n) is 7.56. The average Bonchev–Trinajstić information content (AvgIpc) is 2.95. The number of carbonyl (C=O) groups is 2. The zero-order chi connectivity index (χ0) is 16.4. The van der Waals surface area contributed by atoms with E-state index in [0.29, 0.717) is 17.7 Å². The third-order valence-corrected chi connectivity index (χ3v) is 4.90. The van der Waals surface area contributed by atoms with Gasteiger partial charge in [-0.25, -0.2) is 4.79 Å². The Kier molecular flexibility index (Phi) is 4.61. The van der Waals surface area contributed by atoms with Gasteiger partial charge in [0.1, 0.15) is 6.10 Å². The zero-order valence-electron chi connectivity index (χ0n) is 12.7. The Hall–Kier alpha value is -1.57. The number of aliphatic hydroxyl groups is 1. The van der Waals surface area contributed by atoms with Gasteiger partial charge in [-0.05, 0) is 19.1 Å². The standard InChI is InChI=1S/C16H19NO5S/c1-10-7-12(21-14(18)11-5-3-2-4-6-11)8-16(20,22-10)13-9-23-15(19)17-13/h2-6,10,12-13,20H,7-9H2,1H3,(H,17,19)/t10-,12-,13+,16-/m1/s1. The van der Waals surface area contributed by atoms with Gasteiger partial charge in [0.2, 0.25) is 0 Å². The molecule has 1 amide bonds. The Morgan fingerprint density at radius 2 is 2.17 bits per heavy atom. The van der Waals surface area contributed by atoms with Crippen LogP contribution in [0, 0.1) is 0 Å². The van der Waals surface area contributed by atoms with E-state index in [1.165, 1.54) is 0 Å². The fourth-order valence-corrected chi connectivity index (χ4v) is 3.85. The highest BCUT2D eigenvalue weighted by Crippen LogP contribution is 2.35. The first-order chi connectivity index (χ1) is 11.0. The number of benzene rings is 1. The molecule has 1 aromatic carbocycles. The van der Waals surface area contributed by atoms with Crippen molar-refractivity contribution in [3.8, 4) is 0 Å². The molecule has 4 atom stereocenters. The van der Waals surface area contributed by atoms with Crippen LogP contribution in [0.3, 0.4) is 0 Å². The number of amides is 1. The van der Waals surface area contributed by atoms with Crippen LogP contribution in [0.1, 0.15) is 30.1 Å². The van der Waals surface area contributed by atoms with Gasteiger partial charge in [-0.1, -0.05) is 30.0 Å². The fraction of sp³-hybridized carbons (Fsp3) is 0.500. The van der Waals surface area contributed by atoms with Gasteiger partial charge in [0.05, 0.1) is 17.7 Å². The minimum absolute atomic E-state index is 0.140. The predicted octanol–water partition coefficient (Wildman–Crippen LogP) is 1.92. The summed E-state index contributed by atoms with van der Waals surface area (Å²) < 4.78 is 11.2. The molecule has 7 heteroatoms. The summed E-state index contributed by atoms with van der Waals surface area (Å²) in [5.41, 5.74) is 0.472. The van der Waals surface area contributed by atoms with E-state index in [9.17, 15) is 14.7 Å². The van der Waals surface area contributed by atoms with Gasteiger partial charge < -0.3 is 19.9 Å². The molecule has 2 aliphatic rings. The molecule has 2 heterocycles. The van der Waals surface area contributed by atoms with Crippen LogP contribution < -0.4 is 5.32 Å². The number of hydrogen-bond donors (Lipinski definition) is 2. The second-order valence-electron chi connectivity index (χ2n) is 5.90. The van der Waals surface area contributed by atoms with Crippen molar-refractivity contribution in [2.75, 3.05) is 5.75 Å². The molecule has 0 bridgehead atoms. The Labute approximate surface area is 138 Å². The van der Waals surface area contributed by atoms with E-state index >= 15 is 0 Å². The lowest BCUT2D eigenvalue weighted by Crippen LogP contribution is -2.58. The maximum atomic E-state index is 12.2. The van der Waals surface area contributed by atoms with Crippen LogP contribution in [-0.2, 0) is 9.47 Å². The monoisotopic (exact) mass is 337 g/mol. The highest BCUT2D eigenvalue weighted by Gasteiger charge is 2.48. The maximum absolute atomic E-state index is 12.2. The SMILES string of the molecule is C[C@@H]1C[C@@H](OC(=O)c2ccccc2)C[C@](O)([C@@H]2CSC(=O)N2)O1. The van der Waals surface area contributed by atoms with Gasteiger partial charge in [0.25, 0.3) is 5.24 Å². The molecule has 0 unspecified atom stereocenters. The number of nitrogens with one attached hydrogen (secondary N) is 1. The van der Waals surface area contributed by atoms with E-state index in [4.69, 9.17) is 9.47 Å². The summed E-state index contributed by atoms with van der Waals surface area (Å²) in [4.78, 5) is 23.5. The lowest BCUT2D eigenvalue weighted by molar-refractivity contribution is -0.277. The van der Waals surface area contributed by atoms with Crippen molar-refractivity contribution >= 4 is 23.0 Å². The van der Waals surface area contributed by atoms with Gasteiger partial charge >= 0.3 is 5.97 Å². The molecule has 6 nitrogen and oxygen atoms in total. The first kappa shape index (κ1) is 16.3. The third kappa shape index (κ3) is 3.68. The van der Waals surface area contributed by atoms with Crippen LogP contribution in [0.5, 0.6) is 0 Å². The molecule has 23 heavy (non-hydrogen) atoms. The summed E-state index contributed by atoms with van der Waals surface area (Å²) in [6.07, 6.45) is -0.0837. The first-order valence-corrected chi connectivity index (χ1v) is 8.54. The van der Waals surface area contributed by atoms with Crippen molar-refractivity contribution in [2.24, 2.45) is 0 Å². The number of carbonyl (C=O) groups excluding carboxylic acids is 2. The average molecular weight is 337 g/mol. The molecule has 0 aliphatic carbocycles. The van der Waals surface area contributed by atoms with Crippen molar-refractivity contribution in [2.45, 2.75) is 43.8 Å². The summed E-state index contributed by atoms with van der Waals surface area (Å²) in [6, 6.07) is 8.24. The van der Waals surface area contributed by atoms with E-state index in [2.05, 4.69) is 5.32 Å². The Balaban J connectivity index is 1.68. The Morgan fingerprint density at radius 3 is 2.83 bits per heavy atom. The highest BCUT2D eigenvalue weighted by atomic mass is 32.2. The molecule has 2 aliphatic heterocycles. The number of rotatable bonds is 3. The molecule has 0 radical (unpaired) electrons. The second kappa shape index (κ2) is 6.51. The van der Waals surface area contributed by atoms with E-state index in [1.54, 1.807) is 24.3 Å². The molecular formula is C16H19NO5S. The van der Waals surface area contributed by atoms with Crippen molar-refractivity contribution in [3.63, 3.8) is 0 Å². The second-order valence-corrected chi connectivity index (χ2v) is 6.89. The lowest BCUT2D eigenvalue weighted by atomic mass is 9.94. The summed E-state index contributed by atoms with van der Waals surface area (Å²) >= 11 is 1.11. The van der Waals surface area contributed by atoms with Crippen LogP contribution in [0.2, 0.25) is 0 Å². The maximum Gasteiger partial charge on any atom is 0.338 e. The molecule has 0 spiro atoms.